The summed E-state index contributed by atoms with van der Waals surface area (Å²) >= 11 is 0. The number of amides is 1. The van der Waals surface area contributed by atoms with E-state index in [1.165, 1.54) is 0 Å². The van der Waals surface area contributed by atoms with Crippen LogP contribution in [0.4, 0.5) is 11.4 Å². The smallest absolute Gasteiger partial charge is 0.240 e. The summed E-state index contributed by atoms with van der Waals surface area (Å²) in [5, 5.41) is 6.86. The Morgan fingerprint density at radius 1 is 1.48 bits per heavy atom. The predicted molar refractivity (Wildman–Crippen MR) is 77.5 cm³/mol. The van der Waals surface area contributed by atoms with Crippen molar-refractivity contribution in [1.82, 2.24) is 10.1 Å². The highest BCUT2D eigenvalue weighted by atomic mass is 16.5. The number of carbonyl (C=O) groups is 1. The minimum atomic E-state index is -0.127. The molecule has 0 aliphatic carbocycles. The van der Waals surface area contributed by atoms with Crippen LogP contribution in [-0.4, -0.2) is 22.6 Å². The molecule has 0 spiro atoms. The lowest BCUT2D eigenvalue weighted by atomic mass is 10.1. The zero-order valence-corrected chi connectivity index (χ0v) is 11.7. The van der Waals surface area contributed by atoms with Crippen LogP contribution in [0.15, 0.2) is 28.8 Å². The average Bonchev–Trinajstić information content (AvgIpc) is 2.90. The van der Waals surface area contributed by atoms with Gasteiger partial charge in [0.15, 0.2) is 5.82 Å². The van der Waals surface area contributed by atoms with Crippen LogP contribution < -0.4 is 16.0 Å². The highest BCUT2D eigenvalue weighted by Gasteiger charge is 2.25. The normalized spacial score (nSPS) is 18.1. The number of nitrogens with two attached hydrogens (primary N) is 1. The van der Waals surface area contributed by atoms with Crippen LogP contribution >= 0.6 is 0 Å². The average molecular weight is 287 g/mol. The second kappa shape index (κ2) is 5.53. The van der Waals surface area contributed by atoms with E-state index in [4.69, 9.17) is 10.3 Å². The first-order valence-electron chi connectivity index (χ1n) is 6.83. The molecule has 110 valence electrons. The number of hydrogen-bond acceptors (Lipinski definition) is 6. The molecule has 7 nitrogen and oxygen atoms in total. The molecular weight excluding hydrogens is 270 g/mol. The summed E-state index contributed by atoms with van der Waals surface area (Å²) in [6.45, 7) is 3.19. The standard InChI is InChI=1S/C14H17N5O2/c1-9-7-19(8-12-17-13(6-15)21-18-12)11-5-3-2-4-10(11)16-14(9)20/h2-5,9H,6-8,15H2,1H3,(H,16,20). The lowest BCUT2D eigenvalue weighted by Crippen LogP contribution is -2.30. The SMILES string of the molecule is CC1CN(Cc2noc(CN)n2)c2ccccc2NC1=O. The molecule has 1 aliphatic heterocycles. The molecule has 7 heteroatoms. The van der Waals surface area contributed by atoms with Crippen LogP contribution in [0, 0.1) is 5.92 Å². The van der Waals surface area contributed by atoms with Gasteiger partial charge in [0, 0.05) is 6.54 Å². The summed E-state index contributed by atoms with van der Waals surface area (Å²) in [6, 6.07) is 7.70. The summed E-state index contributed by atoms with van der Waals surface area (Å²) in [6.07, 6.45) is 0. The number of anilines is 2. The van der Waals surface area contributed by atoms with E-state index >= 15 is 0 Å². The van der Waals surface area contributed by atoms with Gasteiger partial charge in [-0.05, 0) is 12.1 Å². The Hall–Kier alpha value is -2.41. The molecule has 1 amide bonds. The fourth-order valence-electron chi connectivity index (χ4n) is 2.38. The Morgan fingerprint density at radius 3 is 3.05 bits per heavy atom. The Balaban J connectivity index is 1.90. The fourth-order valence-corrected chi connectivity index (χ4v) is 2.38. The van der Waals surface area contributed by atoms with Crippen molar-refractivity contribution >= 4 is 17.3 Å². The highest BCUT2D eigenvalue weighted by Crippen LogP contribution is 2.30. The number of para-hydroxylation sites is 2. The van der Waals surface area contributed by atoms with Crippen molar-refractivity contribution in [3.63, 3.8) is 0 Å². The number of fused-ring (bicyclic) bond motifs is 1. The fraction of sp³-hybridized carbons (Fsp3) is 0.357. The van der Waals surface area contributed by atoms with Gasteiger partial charge in [-0.1, -0.05) is 24.2 Å². The second-order valence-electron chi connectivity index (χ2n) is 5.10. The van der Waals surface area contributed by atoms with Crippen LogP contribution in [0.3, 0.4) is 0 Å². The first kappa shape index (κ1) is 13.6. The summed E-state index contributed by atoms with van der Waals surface area (Å²) in [5.41, 5.74) is 7.23. The maximum absolute atomic E-state index is 12.0. The largest absolute Gasteiger partial charge is 0.361 e. The molecule has 2 heterocycles. The molecule has 1 aromatic heterocycles. The molecule has 2 aromatic rings. The van der Waals surface area contributed by atoms with E-state index in [0.717, 1.165) is 11.4 Å². The van der Waals surface area contributed by atoms with E-state index in [1.807, 2.05) is 31.2 Å². The van der Waals surface area contributed by atoms with Gasteiger partial charge in [-0.25, -0.2) is 0 Å². The van der Waals surface area contributed by atoms with Crippen molar-refractivity contribution in [3.8, 4) is 0 Å². The van der Waals surface area contributed by atoms with E-state index < -0.39 is 0 Å². The van der Waals surface area contributed by atoms with E-state index in [0.29, 0.717) is 24.8 Å². The van der Waals surface area contributed by atoms with Gasteiger partial charge in [-0.15, -0.1) is 0 Å². The van der Waals surface area contributed by atoms with Gasteiger partial charge < -0.3 is 20.5 Å². The van der Waals surface area contributed by atoms with Gasteiger partial charge in [-0.2, -0.15) is 4.98 Å². The number of hydrogen-bond donors (Lipinski definition) is 2. The van der Waals surface area contributed by atoms with Crippen molar-refractivity contribution in [2.75, 3.05) is 16.8 Å². The van der Waals surface area contributed by atoms with Crippen LogP contribution in [0.2, 0.25) is 0 Å². The van der Waals surface area contributed by atoms with Crippen LogP contribution in [0.25, 0.3) is 0 Å². The van der Waals surface area contributed by atoms with Crippen molar-refractivity contribution in [2.24, 2.45) is 11.7 Å². The lowest BCUT2D eigenvalue weighted by Gasteiger charge is -2.23. The molecule has 1 atom stereocenters. The van der Waals surface area contributed by atoms with Crippen LogP contribution in [0.5, 0.6) is 0 Å². The Kier molecular flexibility index (Phi) is 3.57. The zero-order valence-electron chi connectivity index (χ0n) is 11.7. The van der Waals surface area contributed by atoms with Gasteiger partial charge in [0.25, 0.3) is 0 Å². The van der Waals surface area contributed by atoms with E-state index in [-0.39, 0.29) is 18.4 Å². The quantitative estimate of drug-likeness (QED) is 0.878. The van der Waals surface area contributed by atoms with Crippen molar-refractivity contribution in [2.45, 2.75) is 20.0 Å². The number of nitrogens with zero attached hydrogens (tertiary/aromatic N) is 3. The first-order valence-corrected chi connectivity index (χ1v) is 6.83. The third-order valence-electron chi connectivity index (χ3n) is 3.46. The third kappa shape index (κ3) is 2.73. The monoisotopic (exact) mass is 287 g/mol. The number of nitrogens with one attached hydrogen (secondary N) is 1. The lowest BCUT2D eigenvalue weighted by molar-refractivity contribution is -0.119. The Labute approximate surface area is 122 Å². The van der Waals surface area contributed by atoms with Gasteiger partial charge in [0.1, 0.15) is 0 Å². The molecule has 0 saturated heterocycles. The molecule has 0 saturated carbocycles. The molecule has 0 fully saturated rings. The molecule has 1 aliphatic rings. The molecule has 3 rings (SSSR count). The van der Waals surface area contributed by atoms with Crippen LogP contribution in [-0.2, 0) is 17.9 Å². The third-order valence-corrected chi connectivity index (χ3v) is 3.46. The van der Waals surface area contributed by atoms with Gasteiger partial charge in [0.05, 0.1) is 30.4 Å². The number of carbonyl (C=O) groups excluding carboxylic acids is 1. The minimum absolute atomic E-state index is 0.0145. The van der Waals surface area contributed by atoms with Gasteiger partial charge >= 0.3 is 0 Å². The second-order valence-corrected chi connectivity index (χ2v) is 5.10. The van der Waals surface area contributed by atoms with Crippen LogP contribution in [0.1, 0.15) is 18.6 Å². The van der Waals surface area contributed by atoms with Crippen molar-refractivity contribution < 1.29 is 9.32 Å². The van der Waals surface area contributed by atoms with Gasteiger partial charge in [0.2, 0.25) is 11.8 Å². The Bertz CT molecular complexity index is 654. The molecule has 21 heavy (non-hydrogen) atoms. The maximum atomic E-state index is 12.0. The maximum Gasteiger partial charge on any atom is 0.240 e. The van der Waals surface area contributed by atoms with E-state index in [2.05, 4.69) is 20.4 Å². The van der Waals surface area contributed by atoms with E-state index in [1.54, 1.807) is 0 Å². The minimum Gasteiger partial charge on any atom is -0.361 e. The van der Waals surface area contributed by atoms with Crippen molar-refractivity contribution in [3.05, 3.63) is 36.0 Å². The molecule has 1 aromatic carbocycles. The van der Waals surface area contributed by atoms with E-state index in [9.17, 15) is 4.79 Å². The number of benzene rings is 1. The summed E-state index contributed by atoms with van der Waals surface area (Å²) in [4.78, 5) is 18.3. The summed E-state index contributed by atoms with van der Waals surface area (Å²) in [7, 11) is 0. The predicted octanol–water partition coefficient (Wildman–Crippen LogP) is 1.12. The number of rotatable bonds is 3. The topological polar surface area (TPSA) is 97.3 Å². The zero-order chi connectivity index (χ0) is 14.8. The van der Waals surface area contributed by atoms with Gasteiger partial charge in [-0.3, -0.25) is 4.79 Å². The summed E-state index contributed by atoms with van der Waals surface area (Å²) < 4.78 is 5.03. The number of aromatic nitrogens is 2. The Morgan fingerprint density at radius 2 is 2.29 bits per heavy atom. The molecule has 3 N–H and O–H groups in total. The molecule has 1 unspecified atom stereocenters. The molecule has 0 radical (unpaired) electrons. The summed E-state index contributed by atoms with van der Waals surface area (Å²) in [5.74, 6) is 0.862. The first-order chi connectivity index (χ1) is 10.2. The van der Waals surface area contributed by atoms with Crippen molar-refractivity contribution in [1.29, 1.82) is 0 Å². The molecule has 0 bridgehead atoms. The molecular formula is C14H17N5O2. The highest BCUT2D eigenvalue weighted by molar-refractivity contribution is 5.97.